The molecule has 2 aliphatic heterocycles. The summed E-state index contributed by atoms with van der Waals surface area (Å²) in [6, 6.07) is 7.46. The van der Waals surface area contributed by atoms with Crippen LogP contribution in [0.25, 0.3) is 0 Å². The molecule has 2 saturated heterocycles. The molecule has 0 bridgehead atoms. The second kappa shape index (κ2) is 10.0. The van der Waals surface area contributed by atoms with Gasteiger partial charge in [-0.3, -0.25) is 9.69 Å². The standard InChI is InChI=1S/C21H34N4O3S/c1-18-7-3-4-9-20(18)29(27,28)25(16-15-23-12-6-5-8-19(23)2)17-21(26)24-13-10-22-11-14-24/h3-4,7,9,19,22H,5-6,8,10-17H2,1-2H3/t19-/m0/s1. The van der Waals surface area contributed by atoms with Crippen molar-refractivity contribution in [2.45, 2.75) is 44.0 Å². The Bertz CT molecular complexity index is 793. The highest BCUT2D eigenvalue weighted by molar-refractivity contribution is 7.89. The first-order valence-corrected chi connectivity index (χ1v) is 12.1. The number of piperazine rings is 1. The predicted molar refractivity (Wildman–Crippen MR) is 114 cm³/mol. The van der Waals surface area contributed by atoms with Gasteiger partial charge in [0.05, 0.1) is 11.4 Å². The van der Waals surface area contributed by atoms with Crippen LogP contribution in [-0.4, -0.2) is 86.8 Å². The first kappa shape index (κ1) is 22.2. The van der Waals surface area contributed by atoms with E-state index in [1.165, 1.54) is 10.7 Å². The van der Waals surface area contributed by atoms with Crippen LogP contribution in [0.2, 0.25) is 0 Å². The molecule has 0 aromatic heterocycles. The third kappa shape index (κ3) is 5.57. The van der Waals surface area contributed by atoms with Crippen LogP contribution >= 0.6 is 0 Å². The Hall–Kier alpha value is -1.48. The minimum Gasteiger partial charge on any atom is -0.339 e. The molecule has 2 fully saturated rings. The lowest BCUT2D eigenvalue weighted by molar-refractivity contribution is -0.132. The van der Waals surface area contributed by atoms with Crippen molar-refractivity contribution in [3.8, 4) is 0 Å². The first-order valence-electron chi connectivity index (χ1n) is 10.7. The zero-order valence-electron chi connectivity index (χ0n) is 17.6. The number of piperidine rings is 1. The van der Waals surface area contributed by atoms with Crippen molar-refractivity contribution in [3.63, 3.8) is 0 Å². The summed E-state index contributed by atoms with van der Waals surface area (Å²) >= 11 is 0. The zero-order valence-corrected chi connectivity index (χ0v) is 18.5. The number of aryl methyl sites for hydroxylation is 1. The number of nitrogens with zero attached hydrogens (tertiary/aromatic N) is 3. The monoisotopic (exact) mass is 422 g/mol. The highest BCUT2D eigenvalue weighted by Crippen LogP contribution is 2.21. The molecule has 0 radical (unpaired) electrons. The maximum absolute atomic E-state index is 13.5. The van der Waals surface area contributed by atoms with Crippen molar-refractivity contribution in [2.75, 3.05) is 52.4 Å². The third-order valence-electron chi connectivity index (χ3n) is 6.07. The lowest BCUT2D eigenvalue weighted by Gasteiger charge is -2.35. The van der Waals surface area contributed by atoms with Gasteiger partial charge in [0.25, 0.3) is 0 Å². The largest absolute Gasteiger partial charge is 0.339 e. The fraction of sp³-hybridized carbons (Fsp3) is 0.667. The normalized spacial score (nSPS) is 21.5. The van der Waals surface area contributed by atoms with Gasteiger partial charge in [0, 0.05) is 45.3 Å². The van der Waals surface area contributed by atoms with E-state index in [1.807, 2.05) is 6.07 Å². The van der Waals surface area contributed by atoms with Gasteiger partial charge in [-0.1, -0.05) is 24.6 Å². The zero-order chi connectivity index (χ0) is 20.9. The van der Waals surface area contributed by atoms with Crippen molar-refractivity contribution in [1.82, 2.24) is 19.4 Å². The van der Waals surface area contributed by atoms with Crippen LogP contribution in [0.15, 0.2) is 29.2 Å². The van der Waals surface area contributed by atoms with Crippen LogP contribution < -0.4 is 5.32 Å². The molecule has 1 N–H and O–H groups in total. The summed E-state index contributed by atoms with van der Waals surface area (Å²) in [5, 5.41) is 3.23. The van der Waals surface area contributed by atoms with Gasteiger partial charge in [-0.2, -0.15) is 4.31 Å². The van der Waals surface area contributed by atoms with Gasteiger partial charge < -0.3 is 10.2 Å². The number of carbonyl (C=O) groups is 1. The molecule has 3 rings (SSSR count). The second-order valence-corrected chi connectivity index (χ2v) is 10.0. The average molecular weight is 423 g/mol. The van der Waals surface area contributed by atoms with Gasteiger partial charge in [0.2, 0.25) is 15.9 Å². The molecule has 0 saturated carbocycles. The molecule has 0 spiro atoms. The Morgan fingerprint density at radius 3 is 2.59 bits per heavy atom. The molecular weight excluding hydrogens is 388 g/mol. The van der Waals surface area contributed by atoms with Crippen molar-refractivity contribution in [3.05, 3.63) is 29.8 Å². The number of nitrogens with one attached hydrogen (secondary N) is 1. The highest BCUT2D eigenvalue weighted by Gasteiger charge is 2.31. The Morgan fingerprint density at radius 1 is 1.17 bits per heavy atom. The minimum atomic E-state index is -3.74. The fourth-order valence-corrected chi connectivity index (χ4v) is 5.77. The summed E-state index contributed by atoms with van der Waals surface area (Å²) in [4.78, 5) is 17.3. The maximum atomic E-state index is 13.5. The molecule has 8 heteroatoms. The van der Waals surface area contributed by atoms with Gasteiger partial charge in [-0.25, -0.2) is 8.42 Å². The van der Waals surface area contributed by atoms with E-state index in [0.29, 0.717) is 42.7 Å². The number of rotatable bonds is 7. The summed E-state index contributed by atoms with van der Waals surface area (Å²) in [6.45, 7) is 8.63. The number of sulfonamides is 1. The summed E-state index contributed by atoms with van der Waals surface area (Å²) in [5.41, 5.74) is 0.707. The number of hydrogen-bond acceptors (Lipinski definition) is 5. The molecule has 2 aliphatic rings. The molecule has 1 atom stereocenters. The first-order chi connectivity index (χ1) is 13.9. The molecule has 1 aromatic rings. The number of hydrogen-bond donors (Lipinski definition) is 1. The van der Waals surface area contributed by atoms with Gasteiger partial charge in [0.1, 0.15) is 0 Å². The van der Waals surface area contributed by atoms with Crippen LogP contribution in [-0.2, 0) is 14.8 Å². The summed E-state index contributed by atoms with van der Waals surface area (Å²) in [7, 11) is -3.74. The van der Waals surface area contributed by atoms with Crippen LogP contribution in [0, 0.1) is 6.92 Å². The molecule has 162 valence electrons. The van der Waals surface area contributed by atoms with E-state index in [2.05, 4.69) is 17.1 Å². The molecule has 1 amide bonds. The SMILES string of the molecule is Cc1ccccc1S(=O)(=O)N(CCN1CCCC[C@@H]1C)CC(=O)N1CCNCC1. The molecule has 29 heavy (non-hydrogen) atoms. The van der Waals surface area contributed by atoms with Crippen LogP contribution in [0.3, 0.4) is 0 Å². The van der Waals surface area contributed by atoms with Crippen molar-refractivity contribution < 1.29 is 13.2 Å². The quantitative estimate of drug-likeness (QED) is 0.717. The molecule has 1 aromatic carbocycles. The van der Waals surface area contributed by atoms with E-state index in [1.54, 1.807) is 30.0 Å². The molecule has 2 heterocycles. The smallest absolute Gasteiger partial charge is 0.243 e. The summed E-state index contributed by atoms with van der Waals surface area (Å²) in [6.07, 6.45) is 3.52. The van der Waals surface area contributed by atoms with Crippen LogP contribution in [0.4, 0.5) is 0 Å². The summed E-state index contributed by atoms with van der Waals surface area (Å²) in [5.74, 6) is -0.115. The fourth-order valence-electron chi connectivity index (χ4n) is 4.16. The Morgan fingerprint density at radius 2 is 1.90 bits per heavy atom. The topological polar surface area (TPSA) is 73.0 Å². The van der Waals surface area contributed by atoms with E-state index in [0.717, 1.165) is 32.5 Å². The Kier molecular flexibility index (Phi) is 7.67. The lowest BCUT2D eigenvalue weighted by Crippen LogP contribution is -2.51. The molecule has 0 unspecified atom stereocenters. The van der Waals surface area contributed by atoms with Crippen LogP contribution in [0.5, 0.6) is 0 Å². The van der Waals surface area contributed by atoms with Crippen molar-refractivity contribution in [1.29, 1.82) is 0 Å². The average Bonchev–Trinajstić information content (AvgIpc) is 2.72. The minimum absolute atomic E-state index is 0.0983. The van der Waals surface area contributed by atoms with E-state index >= 15 is 0 Å². The summed E-state index contributed by atoms with van der Waals surface area (Å²) < 4.78 is 28.3. The predicted octanol–water partition coefficient (Wildman–Crippen LogP) is 1.29. The second-order valence-electron chi connectivity index (χ2n) is 8.12. The molecule has 0 aliphatic carbocycles. The Balaban J connectivity index is 1.78. The number of amides is 1. The Labute approximate surface area is 175 Å². The van der Waals surface area contributed by atoms with E-state index in [4.69, 9.17) is 0 Å². The maximum Gasteiger partial charge on any atom is 0.243 e. The van der Waals surface area contributed by atoms with Crippen molar-refractivity contribution in [2.24, 2.45) is 0 Å². The number of benzene rings is 1. The molecule has 7 nitrogen and oxygen atoms in total. The van der Waals surface area contributed by atoms with E-state index in [-0.39, 0.29) is 12.5 Å². The van der Waals surface area contributed by atoms with Gasteiger partial charge in [-0.05, 0) is 44.9 Å². The van der Waals surface area contributed by atoms with Crippen LogP contribution in [0.1, 0.15) is 31.7 Å². The lowest BCUT2D eigenvalue weighted by atomic mass is 10.0. The highest BCUT2D eigenvalue weighted by atomic mass is 32.2. The van der Waals surface area contributed by atoms with Gasteiger partial charge >= 0.3 is 0 Å². The van der Waals surface area contributed by atoms with Gasteiger partial charge in [0.15, 0.2) is 0 Å². The van der Waals surface area contributed by atoms with Crippen molar-refractivity contribution >= 4 is 15.9 Å². The molecular formula is C21H34N4O3S. The van der Waals surface area contributed by atoms with E-state index in [9.17, 15) is 13.2 Å². The van der Waals surface area contributed by atoms with E-state index < -0.39 is 10.0 Å². The number of likely N-dealkylation sites (tertiary alicyclic amines) is 1. The van der Waals surface area contributed by atoms with Gasteiger partial charge in [-0.15, -0.1) is 0 Å². The third-order valence-corrected chi connectivity index (χ3v) is 8.08. The number of carbonyl (C=O) groups excluding carboxylic acids is 1.